The van der Waals surface area contributed by atoms with Crippen molar-refractivity contribution in [3.63, 3.8) is 0 Å². The van der Waals surface area contributed by atoms with Crippen molar-refractivity contribution in [1.82, 2.24) is 10.2 Å². The van der Waals surface area contributed by atoms with Crippen LogP contribution < -0.4 is 5.32 Å². The standard InChI is InChI=1S/C16H26N2O2/c1-16(2,3)13-14(19)17-12(11-6-7-11)15(20)18(13)9-8-10-4-5-10/h10-13H,4-9H2,1-3H3,(H,17,19). The summed E-state index contributed by atoms with van der Waals surface area (Å²) in [5.74, 6) is 1.38. The predicted octanol–water partition coefficient (Wildman–Crippen LogP) is 1.94. The van der Waals surface area contributed by atoms with E-state index in [9.17, 15) is 9.59 Å². The van der Waals surface area contributed by atoms with Crippen molar-refractivity contribution in [2.45, 2.75) is 65.0 Å². The molecule has 0 bridgehead atoms. The first-order valence-corrected chi connectivity index (χ1v) is 7.99. The maximum absolute atomic E-state index is 12.8. The maximum Gasteiger partial charge on any atom is 0.246 e. The van der Waals surface area contributed by atoms with Crippen molar-refractivity contribution in [2.75, 3.05) is 6.54 Å². The van der Waals surface area contributed by atoms with Gasteiger partial charge in [-0.1, -0.05) is 33.6 Å². The quantitative estimate of drug-likeness (QED) is 0.854. The van der Waals surface area contributed by atoms with Gasteiger partial charge in [-0.05, 0) is 36.5 Å². The maximum atomic E-state index is 12.8. The minimum atomic E-state index is -0.316. The third-order valence-corrected chi connectivity index (χ3v) is 4.80. The summed E-state index contributed by atoms with van der Waals surface area (Å²) in [6, 6.07) is -0.566. The average Bonchev–Trinajstić information content (AvgIpc) is 3.21. The molecule has 1 heterocycles. The van der Waals surface area contributed by atoms with E-state index >= 15 is 0 Å². The first-order valence-electron chi connectivity index (χ1n) is 7.99. The molecule has 2 aliphatic carbocycles. The van der Waals surface area contributed by atoms with Crippen molar-refractivity contribution >= 4 is 11.8 Å². The first-order chi connectivity index (χ1) is 9.38. The zero-order chi connectivity index (χ0) is 14.5. The average molecular weight is 278 g/mol. The highest BCUT2D eigenvalue weighted by atomic mass is 16.2. The molecule has 2 amide bonds. The molecule has 1 aliphatic heterocycles. The SMILES string of the molecule is CC(C)(C)C1C(=O)NC(C2CC2)C(=O)N1CCC1CC1. The Labute approximate surface area is 121 Å². The number of hydrogen-bond donors (Lipinski definition) is 1. The van der Waals surface area contributed by atoms with Gasteiger partial charge < -0.3 is 10.2 Å². The van der Waals surface area contributed by atoms with Gasteiger partial charge in [0.15, 0.2) is 0 Å². The number of nitrogens with one attached hydrogen (secondary N) is 1. The molecule has 112 valence electrons. The summed E-state index contributed by atoms with van der Waals surface area (Å²) in [5, 5.41) is 2.99. The highest BCUT2D eigenvalue weighted by molar-refractivity contribution is 5.97. The van der Waals surface area contributed by atoms with E-state index in [0.717, 1.165) is 31.7 Å². The van der Waals surface area contributed by atoms with E-state index in [1.54, 1.807) is 0 Å². The molecule has 2 atom stereocenters. The van der Waals surface area contributed by atoms with Crippen LogP contribution in [-0.2, 0) is 9.59 Å². The van der Waals surface area contributed by atoms with Gasteiger partial charge in [0, 0.05) is 6.54 Å². The Morgan fingerprint density at radius 2 is 1.80 bits per heavy atom. The number of nitrogens with zero attached hydrogens (tertiary/aromatic N) is 1. The lowest BCUT2D eigenvalue weighted by Gasteiger charge is -2.45. The third-order valence-electron chi connectivity index (χ3n) is 4.80. The monoisotopic (exact) mass is 278 g/mol. The second kappa shape index (κ2) is 4.74. The fourth-order valence-electron chi connectivity index (χ4n) is 3.32. The lowest BCUT2D eigenvalue weighted by molar-refractivity contribution is -0.154. The first kappa shape index (κ1) is 13.9. The van der Waals surface area contributed by atoms with Crippen LogP contribution in [0, 0.1) is 17.3 Å². The number of hydrogen-bond acceptors (Lipinski definition) is 2. The van der Waals surface area contributed by atoms with Crippen LogP contribution in [-0.4, -0.2) is 35.3 Å². The molecule has 20 heavy (non-hydrogen) atoms. The van der Waals surface area contributed by atoms with Crippen LogP contribution in [0.3, 0.4) is 0 Å². The summed E-state index contributed by atoms with van der Waals surface area (Å²) in [5.41, 5.74) is -0.211. The van der Waals surface area contributed by atoms with Crippen molar-refractivity contribution < 1.29 is 9.59 Å². The van der Waals surface area contributed by atoms with Crippen LogP contribution in [0.1, 0.15) is 52.9 Å². The summed E-state index contributed by atoms with van der Waals surface area (Å²) in [6.45, 7) is 6.90. The van der Waals surface area contributed by atoms with Crippen LogP contribution >= 0.6 is 0 Å². The van der Waals surface area contributed by atoms with Gasteiger partial charge in [-0.2, -0.15) is 0 Å². The van der Waals surface area contributed by atoms with Gasteiger partial charge in [0.2, 0.25) is 11.8 Å². The smallest absolute Gasteiger partial charge is 0.246 e. The minimum absolute atomic E-state index is 0.0461. The second-order valence-electron chi connectivity index (χ2n) is 7.86. The Kier molecular flexibility index (Phi) is 3.30. The summed E-state index contributed by atoms with van der Waals surface area (Å²) in [6.07, 6.45) is 5.80. The zero-order valence-electron chi connectivity index (χ0n) is 12.8. The van der Waals surface area contributed by atoms with Gasteiger partial charge in [0.05, 0.1) is 0 Å². The van der Waals surface area contributed by atoms with Crippen LogP contribution in [0.4, 0.5) is 0 Å². The summed E-state index contributed by atoms with van der Waals surface area (Å²) in [7, 11) is 0. The number of carbonyl (C=O) groups is 2. The Hall–Kier alpha value is -1.06. The molecule has 1 saturated heterocycles. The Morgan fingerprint density at radius 1 is 1.15 bits per heavy atom. The van der Waals surface area contributed by atoms with Gasteiger partial charge in [-0.15, -0.1) is 0 Å². The van der Waals surface area contributed by atoms with Crippen molar-refractivity contribution in [1.29, 1.82) is 0 Å². The molecule has 3 fully saturated rings. The van der Waals surface area contributed by atoms with E-state index in [4.69, 9.17) is 0 Å². The number of rotatable bonds is 4. The number of carbonyl (C=O) groups excluding carboxylic acids is 2. The molecule has 3 rings (SSSR count). The lowest BCUT2D eigenvalue weighted by atomic mass is 9.82. The normalized spacial score (nSPS) is 31.4. The molecule has 4 nitrogen and oxygen atoms in total. The van der Waals surface area contributed by atoms with Crippen molar-refractivity contribution in [2.24, 2.45) is 17.3 Å². The van der Waals surface area contributed by atoms with Gasteiger partial charge in [0.1, 0.15) is 12.1 Å². The van der Waals surface area contributed by atoms with Crippen LogP contribution in [0.25, 0.3) is 0 Å². The molecular weight excluding hydrogens is 252 g/mol. The Morgan fingerprint density at radius 3 is 2.30 bits per heavy atom. The van der Waals surface area contributed by atoms with E-state index in [1.807, 2.05) is 25.7 Å². The van der Waals surface area contributed by atoms with Gasteiger partial charge in [-0.25, -0.2) is 0 Å². The molecule has 0 aromatic carbocycles. The summed E-state index contributed by atoms with van der Waals surface area (Å²) in [4.78, 5) is 27.1. The lowest BCUT2D eigenvalue weighted by Crippen LogP contribution is -2.67. The number of piperazine rings is 1. The van der Waals surface area contributed by atoms with E-state index in [1.165, 1.54) is 12.8 Å². The van der Waals surface area contributed by atoms with Gasteiger partial charge in [0.25, 0.3) is 0 Å². The van der Waals surface area contributed by atoms with Crippen LogP contribution in [0.15, 0.2) is 0 Å². The third kappa shape index (κ3) is 2.70. The predicted molar refractivity (Wildman–Crippen MR) is 77.0 cm³/mol. The van der Waals surface area contributed by atoms with E-state index in [0.29, 0.717) is 5.92 Å². The van der Waals surface area contributed by atoms with E-state index in [2.05, 4.69) is 5.32 Å². The number of amides is 2. The van der Waals surface area contributed by atoms with E-state index < -0.39 is 0 Å². The highest BCUT2D eigenvalue weighted by Gasteiger charge is 2.50. The Bertz CT molecular complexity index is 419. The van der Waals surface area contributed by atoms with Crippen molar-refractivity contribution in [3.05, 3.63) is 0 Å². The molecule has 2 saturated carbocycles. The molecule has 2 unspecified atom stereocenters. The molecule has 0 radical (unpaired) electrons. The zero-order valence-corrected chi connectivity index (χ0v) is 12.8. The molecule has 4 heteroatoms. The molecule has 0 spiro atoms. The highest BCUT2D eigenvalue weighted by Crippen LogP contribution is 2.38. The van der Waals surface area contributed by atoms with Crippen LogP contribution in [0.2, 0.25) is 0 Å². The fraction of sp³-hybridized carbons (Fsp3) is 0.875. The largest absolute Gasteiger partial charge is 0.342 e. The Balaban J connectivity index is 1.78. The second-order valence-corrected chi connectivity index (χ2v) is 7.86. The molecule has 0 aromatic rings. The topological polar surface area (TPSA) is 49.4 Å². The molecule has 1 N–H and O–H groups in total. The van der Waals surface area contributed by atoms with Gasteiger partial charge in [-0.3, -0.25) is 9.59 Å². The van der Waals surface area contributed by atoms with Gasteiger partial charge >= 0.3 is 0 Å². The molecule has 3 aliphatic rings. The summed E-state index contributed by atoms with van der Waals surface area (Å²) < 4.78 is 0. The fourth-order valence-corrected chi connectivity index (χ4v) is 3.32. The van der Waals surface area contributed by atoms with Crippen LogP contribution in [0.5, 0.6) is 0 Å². The molecule has 0 aromatic heterocycles. The molecular formula is C16H26N2O2. The minimum Gasteiger partial charge on any atom is -0.342 e. The van der Waals surface area contributed by atoms with E-state index in [-0.39, 0.29) is 29.3 Å². The van der Waals surface area contributed by atoms with Crippen molar-refractivity contribution in [3.8, 4) is 0 Å². The summed E-state index contributed by atoms with van der Waals surface area (Å²) >= 11 is 0.